The van der Waals surface area contributed by atoms with Crippen LogP contribution in [0.3, 0.4) is 0 Å². The Morgan fingerprint density at radius 2 is 2.27 bits per heavy atom. The lowest BCUT2D eigenvalue weighted by Gasteiger charge is -2.19. The summed E-state index contributed by atoms with van der Waals surface area (Å²) in [6.45, 7) is 2.70. The Bertz CT molecular complexity index is 338. The van der Waals surface area contributed by atoms with E-state index < -0.39 is 0 Å². The summed E-state index contributed by atoms with van der Waals surface area (Å²) in [6.07, 6.45) is 0.404. The molecular weight excluding hydrogens is 190 g/mol. The van der Waals surface area contributed by atoms with E-state index >= 15 is 0 Å². The molecule has 15 heavy (non-hydrogen) atoms. The smallest absolute Gasteiger partial charge is 0.235 e. The fourth-order valence-corrected chi connectivity index (χ4v) is 1.34. The van der Waals surface area contributed by atoms with Crippen LogP contribution in [0.4, 0.5) is 5.69 Å². The van der Waals surface area contributed by atoms with Crippen LogP contribution in [0.5, 0.6) is 0 Å². The molecule has 0 fully saturated rings. The van der Waals surface area contributed by atoms with Gasteiger partial charge >= 0.3 is 0 Å². The first kappa shape index (κ1) is 11.5. The largest absolute Gasteiger partial charge is 0.374 e. The number of carbonyl (C=O) groups excluding carboxylic acids is 1. The van der Waals surface area contributed by atoms with Gasteiger partial charge in [0.05, 0.1) is 0 Å². The number of nitrogens with zero attached hydrogens (tertiary/aromatic N) is 1. The molecule has 0 bridgehead atoms. The highest BCUT2D eigenvalue weighted by Gasteiger charge is 2.03. The summed E-state index contributed by atoms with van der Waals surface area (Å²) < 4.78 is 0. The number of rotatable bonds is 4. The molecule has 82 valence electrons. The van der Waals surface area contributed by atoms with Crippen molar-refractivity contribution in [2.75, 3.05) is 18.5 Å². The van der Waals surface area contributed by atoms with Crippen LogP contribution < -0.4 is 16.2 Å². The third-order valence-corrected chi connectivity index (χ3v) is 2.28. The molecule has 1 aromatic carbocycles. The molecule has 3 N–H and O–H groups in total. The summed E-state index contributed by atoms with van der Waals surface area (Å²) in [7, 11) is 1.96. The van der Waals surface area contributed by atoms with Crippen LogP contribution in [0, 0.1) is 6.92 Å². The Morgan fingerprint density at radius 3 is 2.87 bits per heavy atom. The molecule has 0 unspecified atom stereocenters. The molecule has 0 radical (unpaired) electrons. The number of anilines is 1. The van der Waals surface area contributed by atoms with Gasteiger partial charge in [-0.3, -0.25) is 10.2 Å². The van der Waals surface area contributed by atoms with Crippen LogP contribution >= 0.6 is 0 Å². The number of benzene rings is 1. The molecule has 1 aromatic rings. The van der Waals surface area contributed by atoms with Crippen molar-refractivity contribution in [3.8, 4) is 0 Å². The number of nitrogens with one attached hydrogen (secondary N) is 1. The van der Waals surface area contributed by atoms with E-state index in [9.17, 15) is 4.79 Å². The van der Waals surface area contributed by atoms with Crippen molar-refractivity contribution in [3.05, 3.63) is 29.8 Å². The molecule has 0 heterocycles. The Kier molecular flexibility index (Phi) is 4.12. The number of hydrogen-bond donors (Lipinski definition) is 2. The van der Waals surface area contributed by atoms with E-state index in [4.69, 9.17) is 5.84 Å². The molecule has 0 saturated carbocycles. The molecule has 0 aliphatic heterocycles. The van der Waals surface area contributed by atoms with E-state index in [1.807, 2.05) is 37.1 Å². The lowest BCUT2D eigenvalue weighted by atomic mass is 10.2. The van der Waals surface area contributed by atoms with Crippen molar-refractivity contribution in [2.45, 2.75) is 13.3 Å². The van der Waals surface area contributed by atoms with Crippen molar-refractivity contribution in [1.82, 2.24) is 5.43 Å². The zero-order valence-electron chi connectivity index (χ0n) is 9.16. The van der Waals surface area contributed by atoms with E-state index in [-0.39, 0.29) is 5.91 Å². The first-order valence-electron chi connectivity index (χ1n) is 4.90. The van der Waals surface area contributed by atoms with Crippen LogP contribution in [0.2, 0.25) is 0 Å². The van der Waals surface area contributed by atoms with Crippen molar-refractivity contribution in [2.24, 2.45) is 5.84 Å². The minimum atomic E-state index is -0.144. The van der Waals surface area contributed by atoms with Crippen LogP contribution in [0.15, 0.2) is 24.3 Å². The first-order valence-corrected chi connectivity index (χ1v) is 4.90. The van der Waals surface area contributed by atoms with Crippen molar-refractivity contribution in [1.29, 1.82) is 0 Å². The van der Waals surface area contributed by atoms with Crippen molar-refractivity contribution < 1.29 is 4.79 Å². The van der Waals surface area contributed by atoms with Gasteiger partial charge in [0.25, 0.3) is 0 Å². The Balaban J connectivity index is 2.53. The summed E-state index contributed by atoms with van der Waals surface area (Å²) in [4.78, 5) is 13.0. The predicted molar refractivity (Wildman–Crippen MR) is 61.4 cm³/mol. The van der Waals surface area contributed by atoms with E-state index in [0.29, 0.717) is 13.0 Å². The maximum Gasteiger partial charge on any atom is 0.235 e. The normalized spacial score (nSPS) is 9.80. The monoisotopic (exact) mass is 207 g/mol. The molecule has 4 heteroatoms. The second-order valence-corrected chi connectivity index (χ2v) is 3.58. The standard InChI is InChI=1S/C11H17N3O/c1-9-4-3-5-10(8-9)14(2)7-6-11(15)13-12/h3-5,8H,6-7,12H2,1-2H3,(H,13,15). The lowest BCUT2D eigenvalue weighted by molar-refractivity contribution is -0.120. The zero-order valence-corrected chi connectivity index (χ0v) is 9.16. The summed E-state index contributed by atoms with van der Waals surface area (Å²) in [5, 5.41) is 0. The van der Waals surface area contributed by atoms with Gasteiger partial charge in [-0.2, -0.15) is 0 Å². The average molecular weight is 207 g/mol. The van der Waals surface area contributed by atoms with E-state index in [0.717, 1.165) is 5.69 Å². The Labute approximate surface area is 90.0 Å². The van der Waals surface area contributed by atoms with E-state index in [2.05, 4.69) is 11.5 Å². The molecule has 0 aliphatic carbocycles. The SMILES string of the molecule is Cc1cccc(N(C)CCC(=O)NN)c1. The third-order valence-electron chi connectivity index (χ3n) is 2.28. The minimum Gasteiger partial charge on any atom is -0.374 e. The van der Waals surface area contributed by atoms with Gasteiger partial charge in [-0.25, -0.2) is 5.84 Å². The first-order chi connectivity index (χ1) is 7.13. The molecular formula is C11H17N3O. The van der Waals surface area contributed by atoms with Crippen molar-refractivity contribution >= 4 is 11.6 Å². The van der Waals surface area contributed by atoms with Gasteiger partial charge < -0.3 is 4.90 Å². The fraction of sp³-hybridized carbons (Fsp3) is 0.364. The highest BCUT2D eigenvalue weighted by atomic mass is 16.2. The maximum atomic E-state index is 11.0. The highest BCUT2D eigenvalue weighted by Crippen LogP contribution is 2.14. The Hall–Kier alpha value is -1.55. The van der Waals surface area contributed by atoms with Gasteiger partial charge in [-0.15, -0.1) is 0 Å². The van der Waals surface area contributed by atoms with Crippen LogP contribution in [-0.2, 0) is 4.79 Å². The molecule has 0 aromatic heterocycles. The van der Waals surface area contributed by atoms with Gasteiger partial charge in [-0.05, 0) is 24.6 Å². The topological polar surface area (TPSA) is 58.4 Å². The number of aryl methyl sites for hydroxylation is 1. The molecule has 0 saturated heterocycles. The van der Waals surface area contributed by atoms with Crippen LogP contribution in [0.25, 0.3) is 0 Å². The summed E-state index contributed by atoms with van der Waals surface area (Å²) >= 11 is 0. The van der Waals surface area contributed by atoms with Crippen LogP contribution in [-0.4, -0.2) is 19.5 Å². The summed E-state index contributed by atoms with van der Waals surface area (Å²) in [5.41, 5.74) is 4.44. The fourth-order valence-electron chi connectivity index (χ4n) is 1.34. The van der Waals surface area contributed by atoms with E-state index in [1.54, 1.807) is 0 Å². The van der Waals surface area contributed by atoms with Crippen LogP contribution in [0.1, 0.15) is 12.0 Å². The summed E-state index contributed by atoms with van der Waals surface area (Å²) in [5.74, 6) is 4.86. The minimum absolute atomic E-state index is 0.144. The number of carbonyl (C=O) groups is 1. The van der Waals surface area contributed by atoms with E-state index in [1.165, 1.54) is 5.56 Å². The summed E-state index contributed by atoms with van der Waals surface area (Å²) in [6, 6.07) is 8.15. The number of hydrogen-bond acceptors (Lipinski definition) is 3. The van der Waals surface area contributed by atoms with Gasteiger partial charge in [-0.1, -0.05) is 12.1 Å². The molecule has 1 rings (SSSR count). The predicted octanol–water partition coefficient (Wildman–Crippen LogP) is 0.811. The van der Waals surface area contributed by atoms with Gasteiger partial charge in [0.1, 0.15) is 0 Å². The average Bonchev–Trinajstić information content (AvgIpc) is 2.25. The Morgan fingerprint density at radius 1 is 1.53 bits per heavy atom. The maximum absolute atomic E-state index is 11.0. The molecule has 0 atom stereocenters. The van der Waals surface area contributed by atoms with Gasteiger partial charge in [0, 0.05) is 25.7 Å². The molecule has 0 aliphatic rings. The number of amides is 1. The van der Waals surface area contributed by atoms with Crippen molar-refractivity contribution in [3.63, 3.8) is 0 Å². The van der Waals surface area contributed by atoms with Gasteiger partial charge in [0.2, 0.25) is 5.91 Å². The zero-order chi connectivity index (χ0) is 11.3. The number of nitrogens with two attached hydrogens (primary N) is 1. The molecule has 0 spiro atoms. The highest BCUT2D eigenvalue weighted by molar-refractivity contribution is 5.75. The molecule has 1 amide bonds. The van der Waals surface area contributed by atoms with Gasteiger partial charge in [0.15, 0.2) is 0 Å². The quantitative estimate of drug-likeness (QED) is 0.436. The molecule has 4 nitrogen and oxygen atoms in total. The lowest BCUT2D eigenvalue weighted by Crippen LogP contribution is -2.33. The number of hydrazine groups is 1. The second-order valence-electron chi connectivity index (χ2n) is 3.58. The second kappa shape index (κ2) is 5.36. The third kappa shape index (κ3) is 3.59.